The molecule has 33 heavy (non-hydrogen) atoms. The van der Waals surface area contributed by atoms with Gasteiger partial charge in [-0.1, -0.05) is 26.7 Å². The SMILES string of the molecule is Cc1cc2cc(CN(C3CCCC3)[C@H](c3nnnn3C(C)(C)C)C(C)C)c(=O)[nH]c2cc1C. The molecule has 7 nitrogen and oxygen atoms in total. The lowest BCUT2D eigenvalue weighted by molar-refractivity contribution is 0.0802. The molecule has 1 N–H and O–H groups in total. The maximum absolute atomic E-state index is 13.2. The number of hydrogen-bond donors (Lipinski definition) is 1. The van der Waals surface area contributed by atoms with Crippen LogP contribution in [0.25, 0.3) is 10.9 Å². The van der Waals surface area contributed by atoms with Gasteiger partial charge in [0.2, 0.25) is 0 Å². The van der Waals surface area contributed by atoms with Gasteiger partial charge in [-0.2, -0.15) is 0 Å². The predicted molar refractivity (Wildman–Crippen MR) is 132 cm³/mol. The Balaban J connectivity index is 1.80. The second-order valence-corrected chi connectivity index (χ2v) is 11.1. The first-order valence-corrected chi connectivity index (χ1v) is 12.2. The van der Waals surface area contributed by atoms with E-state index in [1.54, 1.807) is 0 Å². The maximum Gasteiger partial charge on any atom is 0.252 e. The molecule has 2 aromatic heterocycles. The Kier molecular flexibility index (Phi) is 6.45. The van der Waals surface area contributed by atoms with Crippen LogP contribution in [0.5, 0.6) is 0 Å². The van der Waals surface area contributed by atoms with E-state index in [0.29, 0.717) is 18.5 Å². The van der Waals surface area contributed by atoms with Crippen LogP contribution >= 0.6 is 0 Å². The number of nitrogens with zero attached hydrogens (tertiary/aromatic N) is 5. The Hall–Kier alpha value is -2.54. The van der Waals surface area contributed by atoms with Crippen molar-refractivity contribution in [1.29, 1.82) is 0 Å². The van der Waals surface area contributed by atoms with E-state index >= 15 is 0 Å². The number of H-pyrrole nitrogens is 1. The lowest BCUT2D eigenvalue weighted by Crippen LogP contribution is -2.42. The number of hydrogen-bond acceptors (Lipinski definition) is 5. The lowest BCUT2D eigenvalue weighted by Gasteiger charge is -2.39. The van der Waals surface area contributed by atoms with Crippen molar-refractivity contribution in [1.82, 2.24) is 30.1 Å². The van der Waals surface area contributed by atoms with Crippen molar-refractivity contribution in [2.24, 2.45) is 5.92 Å². The quantitative estimate of drug-likeness (QED) is 0.570. The van der Waals surface area contributed by atoms with Crippen LogP contribution in [0.15, 0.2) is 23.0 Å². The second-order valence-electron chi connectivity index (χ2n) is 11.1. The van der Waals surface area contributed by atoms with Gasteiger partial charge in [0, 0.05) is 23.7 Å². The Morgan fingerprint density at radius 1 is 1.12 bits per heavy atom. The van der Waals surface area contributed by atoms with Crippen molar-refractivity contribution >= 4 is 10.9 Å². The summed E-state index contributed by atoms with van der Waals surface area (Å²) in [5.74, 6) is 1.18. The van der Waals surface area contributed by atoms with Crippen LogP contribution < -0.4 is 5.56 Å². The van der Waals surface area contributed by atoms with Crippen LogP contribution in [-0.4, -0.2) is 36.1 Å². The van der Waals surface area contributed by atoms with E-state index in [-0.39, 0.29) is 17.1 Å². The molecule has 0 saturated heterocycles. The molecule has 0 radical (unpaired) electrons. The highest BCUT2D eigenvalue weighted by Crippen LogP contribution is 2.37. The molecule has 0 aliphatic heterocycles. The zero-order valence-electron chi connectivity index (χ0n) is 21.1. The fraction of sp³-hybridized carbons (Fsp3) is 0.615. The number of fused-ring (bicyclic) bond motifs is 1. The molecule has 3 aromatic rings. The molecule has 7 heteroatoms. The highest BCUT2D eigenvalue weighted by atomic mass is 16.1. The Morgan fingerprint density at radius 2 is 1.79 bits per heavy atom. The molecule has 0 spiro atoms. The van der Waals surface area contributed by atoms with Gasteiger partial charge in [-0.05, 0) is 98.5 Å². The molecule has 4 rings (SSSR count). The van der Waals surface area contributed by atoms with Crippen molar-refractivity contribution in [3.63, 3.8) is 0 Å². The largest absolute Gasteiger partial charge is 0.322 e. The van der Waals surface area contributed by atoms with Crippen molar-refractivity contribution < 1.29 is 0 Å². The van der Waals surface area contributed by atoms with E-state index in [4.69, 9.17) is 0 Å². The van der Waals surface area contributed by atoms with Crippen molar-refractivity contribution in [2.75, 3.05) is 0 Å². The minimum Gasteiger partial charge on any atom is -0.322 e. The van der Waals surface area contributed by atoms with E-state index in [0.717, 1.165) is 35.1 Å². The summed E-state index contributed by atoms with van der Waals surface area (Å²) < 4.78 is 1.95. The minimum absolute atomic E-state index is 0.00771. The molecule has 1 saturated carbocycles. The van der Waals surface area contributed by atoms with Gasteiger partial charge in [0.1, 0.15) is 0 Å². The predicted octanol–water partition coefficient (Wildman–Crippen LogP) is 5.03. The highest BCUT2D eigenvalue weighted by Gasteiger charge is 2.37. The molecular formula is C26H38N6O. The third-order valence-electron chi connectivity index (χ3n) is 7.06. The third kappa shape index (κ3) is 4.74. The molecule has 0 bridgehead atoms. The van der Waals surface area contributed by atoms with Gasteiger partial charge < -0.3 is 4.98 Å². The molecule has 0 amide bonds. The summed E-state index contributed by atoms with van der Waals surface area (Å²) in [5, 5.41) is 14.0. The smallest absolute Gasteiger partial charge is 0.252 e. The van der Waals surface area contributed by atoms with Gasteiger partial charge >= 0.3 is 0 Å². The number of aryl methyl sites for hydroxylation is 2. The van der Waals surface area contributed by atoms with Crippen molar-refractivity contribution in [3.05, 3.63) is 51.1 Å². The van der Waals surface area contributed by atoms with E-state index in [1.807, 2.05) is 4.68 Å². The van der Waals surface area contributed by atoms with Gasteiger partial charge in [0.05, 0.1) is 11.6 Å². The van der Waals surface area contributed by atoms with Crippen LogP contribution in [0.4, 0.5) is 0 Å². The number of tetrazole rings is 1. The molecule has 1 aliphatic carbocycles. The number of nitrogens with one attached hydrogen (secondary N) is 1. The fourth-order valence-electron chi connectivity index (χ4n) is 5.21. The number of aromatic amines is 1. The Labute approximate surface area is 196 Å². The summed E-state index contributed by atoms with van der Waals surface area (Å²) in [4.78, 5) is 18.8. The number of aromatic nitrogens is 5. The molecule has 178 valence electrons. The first-order valence-electron chi connectivity index (χ1n) is 12.2. The Bertz CT molecular complexity index is 1180. The van der Waals surface area contributed by atoms with E-state index in [1.165, 1.54) is 24.0 Å². The van der Waals surface area contributed by atoms with Crippen LogP contribution in [-0.2, 0) is 12.1 Å². The van der Waals surface area contributed by atoms with Crippen LogP contribution in [0.3, 0.4) is 0 Å². The number of benzene rings is 1. The summed E-state index contributed by atoms with van der Waals surface area (Å²) in [5.41, 5.74) is 3.90. The fourth-order valence-corrected chi connectivity index (χ4v) is 5.21. The normalized spacial score (nSPS) is 16.4. The highest BCUT2D eigenvalue weighted by molar-refractivity contribution is 5.80. The summed E-state index contributed by atoms with van der Waals surface area (Å²) in [6.07, 6.45) is 4.74. The van der Waals surface area contributed by atoms with Crippen molar-refractivity contribution in [2.45, 2.75) is 98.3 Å². The first kappa shape index (κ1) is 23.6. The summed E-state index contributed by atoms with van der Waals surface area (Å²) >= 11 is 0. The molecule has 1 atom stereocenters. The van der Waals surface area contributed by atoms with Gasteiger partial charge in [-0.15, -0.1) is 5.10 Å². The topological polar surface area (TPSA) is 79.7 Å². The molecule has 1 aliphatic rings. The van der Waals surface area contributed by atoms with Gasteiger partial charge in [-0.3, -0.25) is 9.69 Å². The Morgan fingerprint density at radius 3 is 2.42 bits per heavy atom. The lowest BCUT2D eigenvalue weighted by atomic mass is 9.96. The average Bonchev–Trinajstić information content (AvgIpc) is 3.41. The average molecular weight is 451 g/mol. The molecule has 1 fully saturated rings. The molecule has 1 aromatic carbocycles. The molecular weight excluding hydrogens is 412 g/mol. The minimum atomic E-state index is -0.219. The van der Waals surface area contributed by atoms with E-state index in [2.05, 4.69) is 92.1 Å². The maximum atomic E-state index is 13.2. The number of pyridine rings is 1. The van der Waals surface area contributed by atoms with Gasteiger partial charge in [-0.25, -0.2) is 4.68 Å². The third-order valence-corrected chi connectivity index (χ3v) is 7.06. The van der Waals surface area contributed by atoms with Crippen LogP contribution in [0.1, 0.15) is 88.9 Å². The van der Waals surface area contributed by atoms with E-state index in [9.17, 15) is 4.79 Å². The summed E-state index contributed by atoms with van der Waals surface area (Å²) in [7, 11) is 0. The number of rotatable bonds is 6. The zero-order valence-corrected chi connectivity index (χ0v) is 21.1. The molecule has 0 unspecified atom stereocenters. The summed E-state index contributed by atoms with van der Waals surface area (Å²) in [6.45, 7) is 15.6. The van der Waals surface area contributed by atoms with Crippen LogP contribution in [0, 0.1) is 19.8 Å². The zero-order chi connectivity index (χ0) is 23.9. The van der Waals surface area contributed by atoms with Gasteiger partial charge in [0.25, 0.3) is 5.56 Å². The standard InChI is InChI=1S/C26H38N6O/c1-16(2)23(24-28-29-30-32(24)26(5,6)7)31(21-10-8-9-11-21)15-20-14-19-12-17(3)18(4)13-22(19)27-25(20)33/h12-14,16,21,23H,8-11,15H2,1-7H3,(H,27,33)/t23-/m0/s1. The molecule has 2 heterocycles. The van der Waals surface area contributed by atoms with Crippen LogP contribution in [0.2, 0.25) is 0 Å². The second kappa shape index (κ2) is 9.01. The first-order chi connectivity index (χ1) is 15.6. The monoisotopic (exact) mass is 450 g/mol. The van der Waals surface area contributed by atoms with Gasteiger partial charge in [0.15, 0.2) is 5.82 Å². The van der Waals surface area contributed by atoms with Crippen molar-refractivity contribution in [3.8, 4) is 0 Å². The van der Waals surface area contributed by atoms with E-state index < -0.39 is 0 Å². The summed E-state index contributed by atoms with van der Waals surface area (Å²) in [6, 6.07) is 6.75.